The molecule has 0 unspecified atom stereocenters. The molecular weight excluding hydrogens is 311 g/mol. The van der Waals surface area contributed by atoms with E-state index in [-0.39, 0.29) is 22.0 Å². The van der Waals surface area contributed by atoms with E-state index in [4.69, 9.17) is 28.9 Å². The van der Waals surface area contributed by atoms with Crippen LogP contribution in [0.1, 0.15) is 23.2 Å². The van der Waals surface area contributed by atoms with E-state index in [0.29, 0.717) is 18.7 Å². The predicted octanol–water partition coefficient (Wildman–Crippen LogP) is 2.20. The van der Waals surface area contributed by atoms with Gasteiger partial charge in [0.25, 0.3) is 0 Å². The first-order chi connectivity index (χ1) is 8.85. The molecule has 0 saturated carbocycles. The molecule has 1 amide bonds. The average Bonchev–Trinajstić information content (AvgIpc) is 2.31. The quantitative estimate of drug-likeness (QED) is 0.595. The SMILES string of the molecule is NC(=O)c1ccc(Cl)c(NS(=O)(=O)CCCCCl)c1. The van der Waals surface area contributed by atoms with Crippen molar-refractivity contribution in [1.29, 1.82) is 0 Å². The number of alkyl halides is 1. The average molecular weight is 325 g/mol. The van der Waals surface area contributed by atoms with E-state index in [9.17, 15) is 13.2 Å². The van der Waals surface area contributed by atoms with Crippen molar-refractivity contribution >= 4 is 44.8 Å². The topological polar surface area (TPSA) is 89.3 Å². The predicted molar refractivity (Wildman–Crippen MR) is 77.3 cm³/mol. The van der Waals surface area contributed by atoms with E-state index >= 15 is 0 Å². The van der Waals surface area contributed by atoms with Gasteiger partial charge in [0.2, 0.25) is 15.9 Å². The van der Waals surface area contributed by atoms with Crippen LogP contribution in [-0.4, -0.2) is 26.0 Å². The van der Waals surface area contributed by atoms with E-state index in [0.717, 1.165) is 0 Å². The third-order valence-electron chi connectivity index (χ3n) is 2.31. The molecule has 1 aromatic rings. The van der Waals surface area contributed by atoms with Crippen LogP contribution in [0.4, 0.5) is 5.69 Å². The van der Waals surface area contributed by atoms with Crippen LogP contribution in [0.25, 0.3) is 0 Å². The minimum atomic E-state index is -3.52. The maximum atomic E-state index is 11.8. The number of carbonyl (C=O) groups excluding carboxylic acids is 1. The van der Waals surface area contributed by atoms with E-state index in [2.05, 4.69) is 4.72 Å². The van der Waals surface area contributed by atoms with Gasteiger partial charge in [-0.3, -0.25) is 9.52 Å². The van der Waals surface area contributed by atoms with Gasteiger partial charge in [-0.15, -0.1) is 11.6 Å². The summed E-state index contributed by atoms with van der Waals surface area (Å²) in [5.74, 6) is -0.302. The molecule has 0 aliphatic heterocycles. The van der Waals surface area contributed by atoms with Crippen molar-refractivity contribution in [3.8, 4) is 0 Å². The van der Waals surface area contributed by atoms with Crippen molar-refractivity contribution in [3.05, 3.63) is 28.8 Å². The highest BCUT2D eigenvalue weighted by atomic mass is 35.5. The first kappa shape index (κ1) is 16.1. The fourth-order valence-corrected chi connectivity index (χ4v) is 2.96. The lowest BCUT2D eigenvalue weighted by Crippen LogP contribution is -2.18. The second kappa shape index (κ2) is 6.98. The Balaban J connectivity index is 2.86. The number of rotatable bonds is 7. The number of benzene rings is 1. The van der Waals surface area contributed by atoms with Gasteiger partial charge in [-0.1, -0.05) is 11.6 Å². The molecule has 0 fully saturated rings. The summed E-state index contributed by atoms with van der Waals surface area (Å²) in [5, 5.41) is 0.200. The molecular formula is C11H14Cl2N2O3S. The summed E-state index contributed by atoms with van der Waals surface area (Å²) < 4.78 is 25.9. The number of carbonyl (C=O) groups is 1. The van der Waals surface area contributed by atoms with Gasteiger partial charge >= 0.3 is 0 Å². The highest BCUT2D eigenvalue weighted by molar-refractivity contribution is 7.92. The third-order valence-corrected chi connectivity index (χ3v) is 4.27. The second-order valence-corrected chi connectivity index (χ2v) is 6.50. The molecule has 106 valence electrons. The normalized spacial score (nSPS) is 11.3. The van der Waals surface area contributed by atoms with Crippen LogP contribution in [0.3, 0.4) is 0 Å². The fraction of sp³-hybridized carbons (Fsp3) is 0.364. The van der Waals surface area contributed by atoms with Gasteiger partial charge in [0.05, 0.1) is 16.5 Å². The minimum absolute atomic E-state index is 0.0587. The third kappa shape index (κ3) is 5.26. The molecule has 0 radical (unpaired) electrons. The van der Waals surface area contributed by atoms with Crippen LogP contribution in [0, 0.1) is 0 Å². The standard InChI is InChI=1S/C11H14Cl2N2O3S/c12-5-1-2-6-19(17,18)15-10-7-8(11(14)16)3-4-9(10)13/h3-4,7,15H,1-2,5-6H2,(H2,14,16). The first-order valence-corrected chi connectivity index (χ1v) is 8.08. The number of unbranched alkanes of at least 4 members (excludes halogenated alkanes) is 1. The van der Waals surface area contributed by atoms with Crippen LogP contribution in [0.2, 0.25) is 5.02 Å². The van der Waals surface area contributed by atoms with E-state index in [1.54, 1.807) is 0 Å². The molecule has 0 bridgehead atoms. The molecule has 0 atom stereocenters. The summed E-state index contributed by atoms with van der Waals surface area (Å²) in [6.45, 7) is 0. The molecule has 19 heavy (non-hydrogen) atoms. The number of nitrogens with one attached hydrogen (secondary N) is 1. The lowest BCUT2D eigenvalue weighted by molar-refractivity contribution is 0.100. The summed E-state index contributed by atoms with van der Waals surface area (Å²) in [5.41, 5.74) is 5.45. The van der Waals surface area contributed by atoms with Crippen LogP contribution in [0.5, 0.6) is 0 Å². The van der Waals surface area contributed by atoms with Gasteiger partial charge in [0.1, 0.15) is 0 Å². The van der Waals surface area contributed by atoms with Crippen molar-refractivity contribution in [2.24, 2.45) is 5.73 Å². The Morgan fingerprint density at radius 3 is 2.58 bits per heavy atom. The summed E-state index contributed by atoms with van der Waals surface area (Å²) in [6, 6.07) is 4.15. The smallest absolute Gasteiger partial charge is 0.248 e. The highest BCUT2D eigenvalue weighted by Crippen LogP contribution is 2.24. The van der Waals surface area contributed by atoms with E-state index in [1.165, 1.54) is 18.2 Å². The van der Waals surface area contributed by atoms with Crippen molar-refractivity contribution in [3.63, 3.8) is 0 Å². The number of hydrogen-bond acceptors (Lipinski definition) is 3. The number of amides is 1. The fourth-order valence-electron chi connectivity index (χ4n) is 1.36. The summed E-state index contributed by atoms with van der Waals surface area (Å²) in [6.07, 6.45) is 1.06. The summed E-state index contributed by atoms with van der Waals surface area (Å²) >= 11 is 11.4. The van der Waals surface area contributed by atoms with Crippen LogP contribution < -0.4 is 10.5 Å². The molecule has 0 aliphatic carbocycles. The first-order valence-electron chi connectivity index (χ1n) is 5.51. The summed E-state index contributed by atoms with van der Waals surface area (Å²) in [7, 11) is -3.52. The minimum Gasteiger partial charge on any atom is -0.366 e. The van der Waals surface area contributed by atoms with Gasteiger partial charge < -0.3 is 5.73 Å². The molecule has 0 aromatic heterocycles. The number of nitrogens with two attached hydrogens (primary N) is 1. The van der Waals surface area contributed by atoms with Crippen molar-refractivity contribution < 1.29 is 13.2 Å². The van der Waals surface area contributed by atoms with Gasteiger partial charge in [-0.05, 0) is 31.0 Å². The second-order valence-electron chi connectivity index (χ2n) is 3.88. The van der Waals surface area contributed by atoms with Gasteiger partial charge in [0, 0.05) is 11.4 Å². The Kier molecular flexibility index (Phi) is 5.90. The Labute approximate surface area is 122 Å². The maximum absolute atomic E-state index is 11.8. The molecule has 1 aromatic carbocycles. The zero-order chi connectivity index (χ0) is 14.5. The number of hydrogen-bond donors (Lipinski definition) is 2. The maximum Gasteiger partial charge on any atom is 0.248 e. The number of anilines is 1. The molecule has 0 saturated heterocycles. The lowest BCUT2D eigenvalue weighted by Gasteiger charge is -2.10. The van der Waals surface area contributed by atoms with Crippen molar-refractivity contribution in [1.82, 2.24) is 0 Å². The van der Waals surface area contributed by atoms with Crippen LogP contribution in [-0.2, 0) is 10.0 Å². The number of sulfonamides is 1. The molecule has 3 N–H and O–H groups in total. The van der Waals surface area contributed by atoms with Crippen molar-refractivity contribution in [2.45, 2.75) is 12.8 Å². The van der Waals surface area contributed by atoms with Crippen LogP contribution in [0.15, 0.2) is 18.2 Å². The Morgan fingerprint density at radius 2 is 2.00 bits per heavy atom. The van der Waals surface area contributed by atoms with Gasteiger partial charge in [-0.25, -0.2) is 8.42 Å². The number of primary amides is 1. The zero-order valence-corrected chi connectivity index (χ0v) is 12.4. The Morgan fingerprint density at radius 1 is 1.32 bits per heavy atom. The van der Waals surface area contributed by atoms with Crippen molar-refractivity contribution in [2.75, 3.05) is 16.4 Å². The molecule has 0 spiro atoms. The van der Waals surface area contributed by atoms with E-state index < -0.39 is 15.9 Å². The van der Waals surface area contributed by atoms with E-state index in [1.807, 2.05) is 0 Å². The monoisotopic (exact) mass is 324 g/mol. The zero-order valence-electron chi connectivity index (χ0n) is 10.0. The van der Waals surface area contributed by atoms with Gasteiger partial charge in [0.15, 0.2) is 0 Å². The van der Waals surface area contributed by atoms with Gasteiger partial charge in [-0.2, -0.15) is 0 Å². The summed E-state index contributed by atoms with van der Waals surface area (Å²) in [4.78, 5) is 11.0. The number of halogens is 2. The lowest BCUT2D eigenvalue weighted by atomic mass is 10.2. The highest BCUT2D eigenvalue weighted by Gasteiger charge is 2.13. The molecule has 1 rings (SSSR count). The molecule has 5 nitrogen and oxygen atoms in total. The van der Waals surface area contributed by atoms with Crippen LogP contribution >= 0.6 is 23.2 Å². The molecule has 8 heteroatoms. The Hall–Kier alpha value is -0.980. The largest absolute Gasteiger partial charge is 0.366 e. The molecule has 0 aliphatic rings. The molecule has 0 heterocycles. The Bertz CT molecular complexity index is 561.